The monoisotopic (exact) mass is 280 g/mol. The molecule has 1 aromatic rings. The van der Waals surface area contributed by atoms with E-state index < -0.39 is 0 Å². The van der Waals surface area contributed by atoms with E-state index >= 15 is 0 Å². The molecule has 4 nitrogen and oxygen atoms in total. The minimum atomic E-state index is -0.326. The second-order valence-corrected chi connectivity index (χ2v) is 5.09. The number of hydrogen-bond acceptors (Lipinski definition) is 4. The zero-order valence-corrected chi connectivity index (χ0v) is 12.0. The third kappa shape index (κ3) is 3.55. The van der Waals surface area contributed by atoms with Gasteiger partial charge >= 0.3 is 5.97 Å². The van der Waals surface area contributed by atoms with Crippen LogP contribution in [0.3, 0.4) is 0 Å². The summed E-state index contributed by atoms with van der Waals surface area (Å²) in [5, 5.41) is 0. The Bertz CT molecular complexity index is 467. The van der Waals surface area contributed by atoms with E-state index in [1.165, 1.54) is 6.07 Å². The summed E-state index contributed by atoms with van der Waals surface area (Å²) in [6.07, 6.45) is 0. The molecule has 110 valence electrons. The zero-order valence-electron chi connectivity index (χ0n) is 12.0. The number of benzene rings is 1. The first kappa shape index (κ1) is 14.9. The highest BCUT2D eigenvalue weighted by Crippen LogP contribution is 2.16. The van der Waals surface area contributed by atoms with Crippen molar-refractivity contribution < 1.29 is 13.9 Å². The number of hydrogen-bond donors (Lipinski definition) is 0. The second-order valence-electron chi connectivity index (χ2n) is 5.09. The van der Waals surface area contributed by atoms with Crippen LogP contribution in [0.2, 0.25) is 0 Å². The van der Waals surface area contributed by atoms with Crippen LogP contribution in [0.15, 0.2) is 24.3 Å². The second kappa shape index (κ2) is 6.81. The molecule has 0 amide bonds. The molecule has 20 heavy (non-hydrogen) atoms. The summed E-state index contributed by atoms with van der Waals surface area (Å²) in [5.74, 6) is -0.454. The van der Waals surface area contributed by atoms with Gasteiger partial charge in [-0.25, -0.2) is 4.39 Å². The van der Waals surface area contributed by atoms with E-state index in [-0.39, 0.29) is 17.8 Å². The van der Waals surface area contributed by atoms with Gasteiger partial charge in [0.15, 0.2) is 0 Å². The summed E-state index contributed by atoms with van der Waals surface area (Å²) in [6.45, 7) is 4.81. The Balaban J connectivity index is 2.11. The zero-order chi connectivity index (χ0) is 14.5. The molecule has 0 aromatic heterocycles. The van der Waals surface area contributed by atoms with Crippen LogP contribution in [0, 0.1) is 5.82 Å². The number of piperazine rings is 1. The fourth-order valence-electron chi connectivity index (χ4n) is 2.45. The molecular weight excluding hydrogens is 259 g/mol. The average molecular weight is 280 g/mol. The molecule has 0 saturated carbocycles. The smallest absolute Gasteiger partial charge is 0.324 e. The van der Waals surface area contributed by atoms with Gasteiger partial charge < -0.3 is 9.64 Å². The normalized spacial score (nSPS) is 20.9. The summed E-state index contributed by atoms with van der Waals surface area (Å²) in [7, 11) is 1.98. The lowest BCUT2D eigenvalue weighted by Gasteiger charge is -2.38. The number of carbonyl (C=O) groups is 1. The standard InChI is InChI=1S/C15H21FN2O2/c1-3-20-15(19)14-11-17(2)8-9-18(14)10-12-6-4-5-7-13(12)16/h4-7,14H,3,8-11H2,1-2H3. The molecule has 0 N–H and O–H groups in total. The molecule has 1 fully saturated rings. The van der Waals surface area contributed by atoms with Crippen molar-refractivity contribution in [2.75, 3.05) is 33.3 Å². The Morgan fingerprint density at radius 3 is 2.85 bits per heavy atom. The van der Waals surface area contributed by atoms with Crippen LogP contribution in [0.25, 0.3) is 0 Å². The highest BCUT2D eigenvalue weighted by atomic mass is 19.1. The van der Waals surface area contributed by atoms with Gasteiger partial charge in [-0.3, -0.25) is 9.69 Å². The van der Waals surface area contributed by atoms with Crippen molar-refractivity contribution >= 4 is 5.97 Å². The van der Waals surface area contributed by atoms with Crippen LogP contribution < -0.4 is 0 Å². The van der Waals surface area contributed by atoms with Crippen LogP contribution in [-0.2, 0) is 16.1 Å². The average Bonchev–Trinajstić information content (AvgIpc) is 2.43. The molecule has 1 atom stereocenters. The quantitative estimate of drug-likeness (QED) is 0.783. The maximum absolute atomic E-state index is 13.7. The summed E-state index contributed by atoms with van der Waals surface area (Å²) in [6, 6.07) is 6.37. The van der Waals surface area contributed by atoms with E-state index in [9.17, 15) is 9.18 Å². The Labute approximate surface area is 119 Å². The molecular formula is C15H21FN2O2. The lowest BCUT2D eigenvalue weighted by Crippen LogP contribution is -2.55. The van der Waals surface area contributed by atoms with Crippen molar-refractivity contribution in [3.05, 3.63) is 35.6 Å². The molecule has 0 spiro atoms. The first-order valence-corrected chi connectivity index (χ1v) is 6.94. The minimum Gasteiger partial charge on any atom is -0.465 e. The lowest BCUT2D eigenvalue weighted by atomic mass is 10.1. The lowest BCUT2D eigenvalue weighted by molar-refractivity contribution is -0.152. The third-order valence-electron chi connectivity index (χ3n) is 3.58. The number of nitrogens with zero attached hydrogens (tertiary/aromatic N) is 2. The summed E-state index contributed by atoms with van der Waals surface area (Å²) >= 11 is 0. The Hall–Kier alpha value is -1.46. The van der Waals surface area contributed by atoms with E-state index in [0.717, 1.165) is 13.1 Å². The van der Waals surface area contributed by atoms with Gasteiger partial charge in [0.1, 0.15) is 11.9 Å². The molecule has 1 unspecified atom stereocenters. The topological polar surface area (TPSA) is 32.8 Å². The van der Waals surface area contributed by atoms with E-state index in [0.29, 0.717) is 25.3 Å². The first-order chi connectivity index (χ1) is 9.61. The molecule has 1 aliphatic heterocycles. The van der Waals surface area contributed by atoms with Crippen molar-refractivity contribution in [1.29, 1.82) is 0 Å². The van der Waals surface area contributed by atoms with Gasteiger partial charge in [-0.2, -0.15) is 0 Å². The van der Waals surface area contributed by atoms with Crippen molar-refractivity contribution in [3.8, 4) is 0 Å². The predicted octanol–water partition coefficient (Wildman–Crippen LogP) is 1.50. The minimum absolute atomic E-state index is 0.226. The summed E-state index contributed by atoms with van der Waals surface area (Å²) < 4.78 is 18.9. The fourth-order valence-corrected chi connectivity index (χ4v) is 2.45. The molecule has 5 heteroatoms. The number of halogens is 1. The molecule has 1 aromatic carbocycles. The van der Waals surface area contributed by atoms with Gasteiger partial charge in [0.25, 0.3) is 0 Å². The Morgan fingerprint density at radius 2 is 2.15 bits per heavy atom. The SMILES string of the molecule is CCOC(=O)C1CN(C)CCN1Cc1ccccc1F. The fraction of sp³-hybridized carbons (Fsp3) is 0.533. The Kier molecular flexibility index (Phi) is 5.09. The summed E-state index contributed by atoms with van der Waals surface area (Å²) in [5.41, 5.74) is 0.617. The highest BCUT2D eigenvalue weighted by Gasteiger charge is 2.32. The van der Waals surface area contributed by atoms with Gasteiger partial charge in [-0.05, 0) is 20.0 Å². The molecule has 2 rings (SSSR count). The van der Waals surface area contributed by atoms with E-state index in [2.05, 4.69) is 4.90 Å². The first-order valence-electron chi connectivity index (χ1n) is 6.94. The number of carbonyl (C=O) groups excluding carboxylic acids is 1. The maximum atomic E-state index is 13.7. The van der Waals surface area contributed by atoms with Crippen LogP contribution in [0.5, 0.6) is 0 Å². The highest BCUT2D eigenvalue weighted by molar-refractivity contribution is 5.76. The molecule has 1 heterocycles. The molecule has 0 radical (unpaired) electrons. The largest absolute Gasteiger partial charge is 0.465 e. The summed E-state index contributed by atoms with van der Waals surface area (Å²) in [4.78, 5) is 16.1. The van der Waals surface area contributed by atoms with Crippen molar-refractivity contribution in [2.45, 2.75) is 19.5 Å². The van der Waals surface area contributed by atoms with Crippen LogP contribution in [-0.4, -0.2) is 55.1 Å². The van der Waals surface area contributed by atoms with Crippen LogP contribution >= 0.6 is 0 Å². The van der Waals surface area contributed by atoms with Gasteiger partial charge in [-0.15, -0.1) is 0 Å². The predicted molar refractivity (Wildman–Crippen MR) is 74.7 cm³/mol. The van der Waals surface area contributed by atoms with Crippen molar-refractivity contribution in [2.24, 2.45) is 0 Å². The van der Waals surface area contributed by atoms with E-state index in [1.54, 1.807) is 19.1 Å². The molecule has 1 saturated heterocycles. The number of rotatable bonds is 4. The van der Waals surface area contributed by atoms with E-state index in [1.807, 2.05) is 18.0 Å². The van der Waals surface area contributed by atoms with Crippen molar-refractivity contribution in [3.63, 3.8) is 0 Å². The molecule has 1 aliphatic rings. The maximum Gasteiger partial charge on any atom is 0.324 e. The van der Waals surface area contributed by atoms with Crippen LogP contribution in [0.4, 0.5) is 4.39 Å². The van der Waals surface area contributed by atoms with Gasteiger partial charge in [-0.1, -0.05) is 18.2 Å². The third-order valence-corrected chi connectivity index (χ3v) is 3.58. The number of esters is 1. The van der Waals surface area contributed by atoms with Gasteiger partial charge in [0.2, 0.25) is 0 Å². The van der Waals surface area contributed by atoms with Crippen molar-refractivity contribution in [1.82, 2.24) is 9.80 Å². The Morgan fingerprint density at radius 1 is 1.40 bits per heavy atom. The van der Waals surface area contributed by atoms with Gasteiger partial charge in [0, 0.05) is 31.7 Å². The van der Waals surface area contributed by atoms with Crippen LogP contribution in [0.1, 0.15) is 12.5 Å². The number of ether oxygens (including phenoxy) is 1. The van der Waals surface area contributed by atoms with E-state index in [4.69, 9.17) is 4.74 Å². The van der Waals surface area contributed by atoms with Gasteiger partial charge in [0.05, 0.1) is 6.61 Å². The molecule has 0 aliphatic carbocycles. The number of likely N-dealkylation sites (N-methyl/N-ethyl adjacent to an activating group) is 1. The molecule has 0 bridgehead atoms.